The van der Waals surface area contributed by atoms with E-state index in [-0.39, 0.29) is 5.56 Å². The Morgan fingerprint density at radius 1 is 1.11 bits per heavy atom. The van der Waals surface area contributed by atoms with Gasteiger partial charge >= 0.3 is 0 Å². The van der Waals surface area contributed by atoms with Gasteiger partial charge in [-0.2, -0.15) is 0 Å². The molecule has 0 aliphatic carbocycles. The first-order valence-corrected chi connectivity index (χ1v) is 5.77. The maximum absolute atomic E-state index is 13.1. The van der Waals surface area contributed by atoms with Gasteiger partial charge < -0.3 is 5.73 Å². The average Bonchev–Trinajstić information content (AvgIpc) is 2.82. The van der Waals surface area contributed by atoms with Gasteiger partial charge in [-0.15, -0.1) is 0 Å². The van der Waals surface area contributed by atoms with Crippen LogP contribution in [0.5, 0.6) is 0 Å². The number of imidazole rings is 1. The number of para-hydroxylation sites is 2. The van der Waals surface area contributed by atoms with E-state index >= 15 is 0 Å². The molecule has 0 bridgehead atoms. The number of nitrogens with two attached hydrogens (primary N) is 1. The van der Waals surface area contributed by atoms with Crippen molar-refractivity contribution in [3.63, 3.8) is 0 Å². The lowest BCUT2D eigenvalue weighted by Crippen LogP contribution is -2.00. The number of alkyl halides is 2. The summed E-state index contributed by atoms with van der Waals surface area (Å²) in [6.45, 7) is 0. The van der Waals surface area contributed by atoms with Gasteiger partial charge in [0, 0.05) is 11.3 Å². The Bertz CT molecular complexity index is 734. The van der Waals surface area contributed by atoms with Crippen molar-refractivity contribution in [2.24, 2.45) is 0 Å². The van der Waals surface area contributed by atoms with Crippen molar-refractivity contribution in [1.29, 1.82) is 0 Å². The van der Waals surface area contributed by atoms with Gasteiger partial charge in [-0.3, -0.25) is 4.57 Å². The molecule has 0 aliphatic heterocycles. The van der Waals surface area contributed by atoms with E-state index in [1.807, 2.05) is 24.3 Å². The Kier molecular flexibility index (Phi) is 2.67. The second-order valence-electron chi connectivity index (χ2n) is 4.22. The molecule has 0 amide bonds. The Hall–Kier alpha value is -2.43. The van der Waals surface area contributed by atoms with Gasteiger partial charge in [0.1, 0.15) is 6.33 Å². The van der Waals surface area contributed by atoms with Crippen LogP contribution in [0, 0.1) is 0 Å². The molecule has 1 aromatic heterocycles. The second-order valence-corrected chi connectivity index (χ2v) is 4.22. The van der Waals surface area contributed by atoms with E-state index in [0.717, 1.165) is 11.0 Å². The molecule has 96 valence electrons. The number of benzene rings is 2. The van der Waals surface area contributed by atoms with Gasteiger partial charge in [-0.1, -0.05) is 12.1 Å². The molecule has 2 N–H and O–H groups in total. The molecule has 3 aromatic rings. The molecular formula is C14H11F2N3. The standard InChI is InChI=1S/C14H11F2N3/c15-14(16)10-7-9(17)5-6-12(10)19-8-18-11-3-1-2-4-13(11)19/h1-8,14H,17H2. The fourth-order valence-electron chi connectivity index (χ4n) is 2.12. The van der Waals surface area contributed by atoms with E-state index in [2.05, 4.69) is 4.98 Å². The molecule has 0 aliphatic rings. The fourth-order valence-corrected chi connectivity index (χ4v) is 2.12. The highest BCUT2D eigenvalue weighted by Crippen LogP contribution is 2.29. The van der Waals surface area contributed by atoms with E-state index in [0.29, 0.717) is 11.4 Å². The monoisotopic (exact) mass is 259 g/mol. The number of rotatable bonds is 2. The van der Waals surface area contributed by atoms with Crippen molar-refractivity contribution in [1.82, 2.24) is 9.55 Å². The minimum Gasteiger partial charge on any atom is -0.399 e. The van der Waals surface area contributed by atoms with Crippen molar-refractivity contribution >= 4 is 16.7 Å². The predicted octanol–water partition coefficient (Wildman–Crippen LogP) is 3.55. The molecule has 3 nitrogen and oxygen atoms in total. The van der Waals surface area contributed by atoms with Gasteiger partial charge in [-0.05, 0) is 30.3 Å². The molecule has 1 heterocycles. The van der Waals surface area contributed by atoms with E-state index in [4.69, 9.17) is 5.73 Å². The third-order valence-electron chi connectivity index (χ3n) is 3.00. The summed E-state index contributed by atoms with van der Waals surface area (Å²) < 4.78 is 27.9. The van der Waals surface area contributed by atoms with Crippen LogP contribution in [0.3, 0.4) is 0 Å². The summed E-state index contributed by atoms with van der Waals surface area (Å²) in [5.74, 6) is 0. The lowest BCUT2D eigenvalue weighted by atomic mass is 10.1. The molecule has 19 heavy (non-hydrogen) atoms. The molecule has 0 fully saturated rings. The van der Waals surface area contributed by atoms with Crippen LogP contribution in [-0.4, -0.2) is 9.55 Å². The van der Waals surface area contributed by atoms with Crippen LogP contribution in [0.4, 0.5) is 14.5 Å². The van der Waals surface area contributed by atoms with Gasteiger partial charge in [-0.25, -0.2) is 13.8 Å². The molecule has 0 unspecified atom stereocenters. The third-order valence-corrected chi connectivity index (χ3v) is 3.00. The van der Waals surface area contributed by atoms with E-state index in [1.165, 1.54) is 6.07 Å². The second kappa shape index (κ2) is 4.35. The Balaban J connectivity index is 2.27. The Morgan fingerprint density at radius 3 is 2.68 bits per heavy atom. The third kappa shape index (κ3) is 1.93. The summed E-state index contributed by atoms with van der Waals surface area (Å²) in [4.78, 5) is 4.20. The first-order chi connectivity index (χ1) is 9.16. The van der Waals surface area contributed by atoms with E-state index < -0.39 is 6.43 Å². The van der Waals surface area contributed by atoms with Crippen molar-refractivity contribution < 1.29 is 8.78 Å². The van der Waals surface area contributed by atoms with Crippen molar-refractivity contribution in [2.75, 3.05) is 5.73 Å². The summed E-state index contributed by atoms with van der Waals surface area (Å²) in [6.07, 6.45) is -1.04. The lowest BCUT2D eigenvalue weighted by Gasteiger charge is -2.11. The maximum Gasteiger partial charge on any atom is 0.265 e. The zero-order valence-electron chi connectivity index (χ0n) is 9.92. The van der Waals surface area contributed by atoms with E-state index in [1.54, 1.807) is 23.0 Å². The molecule has 5 heteroatoms. The van der Waals surface area contributed by atoms with Crippen LogP contribution in [0.1, 0.15) is 12.0 Å². The molecule has 0 radical (unpaired) electrons. The number of fused-ring (bicyclic) bond motifs is 1. The van der Waals surface area contributed by atoms with Gasteiger partial charge in [0.15, 0.2) is 0 Å². The topological polar surface area (TPSA) is 43.8 Å². The number of aromatic nitrogens is 2. The summed E-state index contributed by atoms with van der Waals surface area (Å²) in [5, 5.41) is 0. The molecule has 0 spiro atoms. The van der Waals surface area contributed by atoms with Crippen LogP contribution in [-0.2, 0) is 0 Å². The van der Waals surface area contributed by atoms with Gasteiger partial charge in [0.2, 0.25) is 0 Å². The number of hydrogen-bond donors (Lipinski definition) is 1. The summed E-state index contributed by atoms with van der Waals surface area (Å²) in [6, 6.07) is 11.9. The number of hydrogen-bond acceptors (Lipinski definition) is 2. The number of anilines is 1. The first kappa shape index (κ1) is 11.6. The normalized spacial score (nSPS) is 11.3. The molecule has 3 rings (SSSR count). The SMILES string of the molecule is Nc1ccc(-n2cnc3ccccc32)c(C(F)F)c1. The van der Waals surface area contributed by atoms with Crippen LogP contribution in [0.25, 0.3) is 16.7 Å². The zero-order chi connectivity index (χ0) is 13.4. The number of nitrogens with zero attached hydrogens (tertiary/aromatic N) is 2. The average molecular weight is 259 g/mol. The molecule has 0 saturated carbocycles. The zero-order valence-corrected chi connectivity index (χ0v) is 9.92. The predicted molar refractivity (Wildman–Crippen MR) is 70.4 cm³/mol. The first-order valence-electron chi connectivity index (χ1n) is 5.77. The van der Waals surface area contributed by atoms with Crippen molar-refractivity contribution in [3.8, 4) is 5.69 Å². The Labute approximate surface area is 108 Å². The smallest absolute Gasteiger partial charge is 0.265 e. The highest BCUT2D eigenvalue weighted by atomic mass is 19.3. The fraction of sp³-hybridized carbons (Fsp3) is 0.0714. The Morgan fingerprint density at radius 2 is 1.89 bits per heavy atom. The molecule has 2 aromatic carbocycles. The molecule has 0 saturated heterocycles. The number of nitrogen functional groups attached to an aromatic ring is 1. The van der Waals surface area contributed by atoms with Crippen LogP contribution in [0.2, 0.25) is 0 Å². The largest absolute Gasteiger partial charge is 0.399 e. The highest BCUT2D eigenvalue weighted by Gasteiger charge is 2.16. The van der Waals surface area contributed by atoms with Crippen LogP contribution >= 0.6 is 0 Å². The summed E-state index contributed by atoms with van der Waals surface area (Å²) in [5.41, 5.74) is 7.75. The van der Waals surface area contributed by atoms with Gasteiger partial charge in [0.25, 0.3) is 6.43 Å². The van der Waals surface area contributed by atoms with Gasteiger partial charge in [0.05, 0.1) is 16.7 Å². The van der Waals surface area contributed by atoms with Crippen molar-refractivity contribution in [2.45, 2.75) is 6.43 Å². The molecular weight excluding hydrogens is 248 g/mol. The number of halogens is 2. The van der Waals surface area contributed by atoms with Crippen molar-refractivity contribution in [3.05, 3.63) is 54.4 Å². The van der Waals surface area contributed by atoms with E-state index in [9.17, 15) is 8.78 Å². The summed E-state index contributed by atoms with van der Waals surface area (Å²) in [7, 11) is 0. The lowest BCUT2D eigenvalue weighted by molar-refractivity contribution is 0.151. The maximum atomic E-state index is 13.1. The minimum absolute atomic E-state index is 0.0943. The summed E-state index contributed by atoms with van der Waals surface area (Å²) >= 11 is 0. The quantitative estimate of drug-likeness (QED) is 0.715. The van der Waals surface area contributed by atoms with Crippen LogP contribution in [0.15, 0.2) is 48.8 Å². The highest BCUT2D eigenvalue weighted by molar-refractivity contribution is 5.77. The molecule has 0 atom stereocenters. The minimum atomic E-state index is -2.58. The van der Waals surface area contributed by atoms with Crippen LogP contribution < -0.4 is 5.73 Å².